The Morgan fingerprint density at radius 1 is 1.09 bits per heavy atom. The molecule has 1 saturated carbocycles. The maximum absolute atomic E-state index is 14.6. The lowest BCUT2D eigenvalue weighted by atomic mass is 9.62. The summed E-state index contributed by atoms with van der Waals surface area (Å²) in [6.45, 7) is 3.88. The van der Waals surface area contributed by atoms with E-state index < -0.39 is 0 Å². The Bertz CT molecular complexity index is 1500. The second-order valence-electron chi connectivity index (χ2n) is 9.43. The molecule has 0 unspecified atom stereocenters. The lowest BCUT2D eigenvalue weighted by molar-refractivity contribution is 0.284. The first kappa shape index (κ1) is 22.2. The van der Waals surface area contributed by atoms with Gasteiger partial charge in [-0.2, -0.15) is 0 Å². The van der Waals surface area contributed by atoms with Crippen LogP contribution in [0, 0.1) is 0 Å². The summed E-state index contributed by atoms with van der Waals surface area (Å²) in [6.07, 6.45) is 8.26. The van der Waals surface area contributed by atoms with Crippen molar-refractivity contribution in [3.05, 3.63) is 82.7 Å². The van der Waals surface area contributed by atoms with Gasteiger partial charge in [0.15, 0.2) is 5.16 Å². The molecule has 0 N–H and O–H groups in total. The third-order valence-electron chi connectivity index (χ3n) is 7.49. The van der Waals surface area contributed by atoms with Gasteiger partial charge >= 0.3 is 0 Å². The van der Waals surface area contributed by atoms with E-state index in [0.29, 0.717) is 23.0 Å². The van der Waals surface area contributed by atoms with E-state index in [2.05, 4.69) is 45.4 Å². The molecule has 6 nitrogen and oxygen atoms in total. The van der Waals surface area contributed by atoms with Crippen molar-refractivity contribution in [1.29, 1.82) is 0 Å². The lowest BCUT2D eigenvalue weighted by Gasteiger charge is -2.42. The maximum Gasteiger partial charge on any atom is 0.264 e. The van der Waals surface area contributed by atoms with Crippen molar-refractivity contribution in [3.63, 3.8) is 0 Å². The van der Waals surface area contributed by atoms with Crippen LogP contribution in [0.4, 0.5) is 0 Å². The van der Waals surface area contributed by atoms with Crippen LogP contribution in [0.3, 0.4) is 0 Å². The Morgan fingerprint density at radius 2 is 1.86 bits per heavy atom. The summed E-state index contributed by atoms with van der Waals surface area (Å²) < 4.78 is 9.50. The molecule has 1 fully saturated rings. The Kier molecular flexibility index (Phi) is 5.52. The van der Waals surface area contributed by atoms with Crippen LogP contribution in [0.15, 0.2) is 71.1 Å². The quantitative estimate of drug-likeness (QED) is 0.273. The van der Waals surface area contributed by atoms with Crippen LogP contribution in [0.1, 0.15) is 43.2 Å². The minimum absolute atomic E-state index is 0.0129. The first-order valence-corrected chi connectivity index (χ1v) is 13.2. The van der Waals surface area contributed by atoms with E-state index >= 15 is 0 Å². The Morgan fingerprint density at radius 3 is 2.66 bits per heavy atom. The van der Waals surface area contributed by atoms with E-state index in [4.69, 9.17) is 4.74 Å². The summed E-state index contributed by atoms with van der Waals surface area (Å²) in [5, 5.41) is 9.89. The van der Waals surface area contributed by atoms with Crippen molar-refractivity contribution in [2.24, 2.45) is 0 Å². The summed E-state index contributed by atoms with van der Waals surface area (Å²) >= 11 is 1.58. The summed E-state index contributed by atoms with van der Waals surface area (Å²) in [4.78, 5) is 14.6. The lowest BCUT2D eigenvalue weighted by Crippen LogP contribution is -2.43. The molecule has 35 heavy (non-hydrogen) atoms. The minimum Gasteiger partial charge on any atom is -0.495 e. The standard InChI is InChI=1S/C28H28N4O2S/c1-3-17-35-27-30-29-26-31(21-13-7-8-14-22(21)34-2)25(33)23-24(32(26)27)20-12-6-5-11-19(20)18-28(23)15-9-4-10-16-28/h3,5-8,11-14H,1,4,9-10,15-18H2,2H3. The molecule has 1 spiro atoms. The normalized spacial score (nSPS) is 16.1. The van der Waals surface area contributed by atoms with Gasteiger partial charge in [-0.25, -0.2) is 4.57 Å². The first-order valence-electron chi connectivity index (χ1n) is 12.2. The smallest absolute Gasteiger partial charge is 0.264 e. The fraction of sp³-hybridized carbons (Fsp3) is 0.321. The summed E-state index contributed by atoms with van der Waals surface area (Å²) in [6, 6.07) is 16.2. The van der Waals surface area contributed by atoms with Gasteiger partial charge in [0.05, 0.1) is 18.5 Å². The van der Waals surface area contributed by atoms with Crippen LogP contribution in [-0.2, 0) is 11.8 Å². The van der Waals surface area contributed by atoms with Crippen molar-refractivity contribution >= 4 is 17.5 Å². The number of hydrogen-bond acceptors (Lipinski definition) is 5. The van der Waals surface area contributed by atoms with Gasteiger partial charge in [-0.15, -0.1) is 16.8 Å². The predicted molar refractivity (Wildman–Crippen MR) is 140 cm³/mol. The Hall–Kier alpha value is -3.32. The fourth-order valence-corrected chi connectivity index (χ4v) is 6.69. The molecular weight excluding hydrogens is 456 g/mol. The maximum atomic E-state index is 14.6. The molecule has 2 heterocycles. The topological polar surface area (TPSA) is 61.4 Å². The van der Waals surface area contributed by atoms with Gasteiger partial charge in [0.2, 0.25) is 5.78 Å². The van der Waals surface area contributed by atoms with Crippen molar-refractivity contribution < 1.29 is 4.74 Å². The highest BCUT2D eigenvalue weighted by Crippen LogP contribution is 2.49. The molecule has 2 aromatic carbocycles. The van der Waals surface area contributed by atoms with E-state index in [-0.39, 0.29) is 11.0 Å². The Labute approximate surface area is 208 Å². The van der Waals surface area contributed by atoms with Crippen LogP contribution in [0.25, 0.3) is 22.7 Å². The molecule has 0 bridgehead atoms. The van der Waals surface area contributed by atoms with Crippen molar-refractivity contribution in [2.75, 3.05) is 12.9 Å². The number of hydrogen-bond donors (Lipinski definition) is 0. The molecule has 2 aromatic heterocycles. The molecule has 0 aliphatic heterocycles. The number of aromatic nitrogens is 4. The average molecular weight is 485 g/mol. The van der Waals surface area contributed by atoms with Gasteiger partial charge in [-0.3, -0.25) is 9.20 Å². The molecule has 7 heteroatoms. The molecule has 2 aliphatic rings. The van der Waals surface area contributed by atoms with Crippen LogP contribution in [0.5, 0.6) is 5.75 Å². The summed E-state index contributed by atoms with van der Waals surface area (Å²) in [5.41, 5.74) is 4.73. The summed E-state index contributed by atoms with van der Waals surface area (Å²) in [7, 11) is 1.63. The number of ether oxygens (including phenoxy) is 1. The van der Waals surface area contributed by atoms with Gasteiger partial charge in [-0.1, -0.05) is 73.5 Å². The number of methoxy groups -OCH3 is 1. The van der Waals surface area contributed by atoms with Crippen LogP contribution >= 0.6 is 11.8 Å². The zero-order chi connectivity index (χ0) is 24.0. The van der Waals surface area contributed by atoms with Crippen molar-refractivity contribution in [3.8, 4) is 22.7 Å². The van der Waals surface area contributed by atoms with Gasteiger partial charge in [0.25, 0.3) is 5.56 Å². The van der Waals surface area contributed by atoms with E-state index in [1.165, 1.54) is 12.0 Å². The predicted octanol–water partition coefficient (Wildman–Crippen LogP) is 5.59. The SMILES string of the molecule is C=CCSc1nnc2n(-c3ccccc3OC)c(=O)c3c(n12)-c1ccccc1CC31CCCCC1. The zero-order valence-electron chi connectivity index (χ0n) is 19.9. The van der Waals surface area contributed by atoms with Gasteiger partial charge in [-0.05, 0) is 37.0 Å². The third kappa shape index (κ3) is 3.36. The highest BCUT2D eigenvalue weighted by molar-refractivity contribution is 7.99. The fourth-order valence-electron chi connectivity index (χ4n) is 6.02. The highest BCUT2D eigenvalue weighted by Gasteiger charge is 2.44. The van der Waals surface area contributed by atoms with Crippen LogP contribution in [-0.4, -0.2) is 32.0 Å². The van der Waals surface area contributed by atoms with Gasteiger partial charge in [0.1, 0.15) is 5.75 Å². The van der Waals surface area contributed by atoms with E-state index in [1.807, 2.05) is 30.3 Å². The van der Waals surface area contributed by atoms with E-state index in [1.54, 1.807) is 23.4 Å². The third-order valence-corrected chi connectivity index (χ3v) is 8.42. The van der Waals surface area contributed by atoms with E-state index in [0.717, 1.165) is 54.1 Å². The molecule has 0 saturated heterocycles. The molecule has 4 aromatic rings. The number of rotatable bonds is 5. The second kappa shape index (κ2) is 8.72. The van der Waals surface area contributed by atoms with Crippen LogP contribution < -0.4 is 10.3 Å². The highest BCUT2D eigenvalue weighted by atomic mass is 32.2. The van der Waals surface area contributed by atoms with Crippen molar-refractivity contribution in [1.82, 2.24) is 19.2 Å². The average Bonchev–Trinajstić information content (AvgIpc) is 3.31. The van der Waals surface area contributed by atoms with E-state index in [9.17, 15) is 4.79 Å². The van der Waals surface area contributed by atoms with Crippen molar-refractivity contribution in [2.45, 2.75) is 49.1 Å². The number of benzene rings is 2. The van der Waals surface area contributed by atoms with Gasteiger partial charge < -0.3 is 4.74 Å². The first-order chi connectivity index (χ1) is 17.2. The Balaban J connectivity index is 1.79. The largest absolute Gasteiger partial charge is 0.495 e. The molecule has 6 rings (SSSR count). The number of nitrogens with zero attached hydrogens (tertiary/aromatic N) is 4. The molecule has 0 amide bonds. The molecule has 0 atom stereocenters. The minimum atomic E-state index is -0.193. The number of fused-ring (bicyclic) bond motifs is 6. The molecule has 0 radical (unpaired) electrons. The number of thioether (sulfide) groups is 1. The molecule has 2 aliphatic carbocycles. The monoisotopic (exact) mass is 484 g/mol. The van der Waals surface area contributed by atoms with Gasteiger partial charge in [0, 0.05) is 22.3 Å². The number of para-hydroxylation sites is 2. The summed E-state index contributed by atoms with van der Waals surface area (Å²) in [5.74, 6) is 1.84. The molecular formula is C28H28N4O2S. The second-order valence-corrected chi connectivity index (χ2v) is 10.4. The zero-order valence-corrected chi connectivity index (χ0v) is 20.7. The van der Waals surface area contributed by atoms with Crippen LogP contribution in [0.2, 0.25) is 0 Å². The molecule has 178 valence electrons.